The van der Waals surface area contributed by atoms with Gasteiger partial charge in [-0.1, -0.05) is 30.3 Å². The van der Waals surface area contributed by atoms with E-state index in [-0.39, 0.29) is 10.4 Å². The minimum Gasteiger partial charge on any atom is -0.369 e. The first-order valence-corrected chi connectivity index (χ1v) is 6.88. The number of alkyl halides is 3. The van der Waals surface area contributed by atoms with Gasteiger partial charge < -0.3 is 5.32 Å². The maximum absolute atomic E-state index is 12.8. The number of benzene rings is 1. The normalized spacial score (nSPS) is 18.5. The number of nitrogens with zero attached hydrogens (tertiary/aromatic N) is 2. The van der Waals surface area contributed by atoms with Gasteiger partial charge >= 0.3 is 6.18 Å². The minimum absolute atomic E-state index is 0.0171. The molecular weight excluding hydrogens is 335 g/mol. The Labute approximate surface area is 121 Å². The van der Waals surface area contributed by atoms with Gasteiger partial charge in [0.25, 0.3) is 0 Å². The van der Waals surface area contributed by atoms with Crippen LogP contribution >= 0.6 is 15.9 Å². The number of anilines is 1. The molecule has 20 heavy (non-hydrogen) atoms. The largest absolute Gasteiger partial charge is 0.436 e. The average Bonchev–Trinajstić information content (AvgIpc) is 2.77. The molecule has 0 spiro atoms. The molecule has 1 N–H and O–H groups in total. The summed E-state index contributed by atoms with van der Waals surface area (Å²) in [6.45, 7) is 1.02. The lowest BCUT2D eigenvalue weighted by Crippen LogP contribution is -2.26. The number of hydrogen-bond acceptors (Lipinski definition) is 2. The molecule has 3 rings (SSSR count). The summed E-state index contributed by atoms with van der Waals surface area (Å²) in [6, 6.07) is 9.70. The number of fused-ring (bicyclic) bond motifs is 1. The number of aromatic nitrogens is 2. The first-order chi connectivity index (χ1) is 9.47. The molecule has 106 valence electrons. The van der Waals surface area contributed by atoms with Gasteiger partial charge in [-0.25, -0.2) is 4.68 Å². The highest BCUT2D eigenvalue weighted by molar-refractivity contribution is 9.10. The summed E-state index contributed by atoms with van der Waals surface area (Å²) >= 11 is 2.98. The molecule has 1 aromatic heterocycles. The van der Waals surface area contributed by atoms with Crippen LogP contribution in [-0.2, 0) is 12.7 Å². The van der Waals surface area contributed by atoms with E-state index >= 15 is 0 Å². The van der Waals surface area contributed by atoms with Crippen LogP contribution in [0.25, 0.3) is 0 Å². The van der Waals surface area contributed by atoms with Gasteiger partial charge in [0.15, 0.2) is 5.69 Å². The van der Waals surface area contributed by atoms with Crippen LogP contribution in [0.3, 0.4) is 0 Å². The second kappa shape index (κ2) is 4.80. The van der Waals surface area contributed by atoms with Gasteiger partial charge in [0.2, 0.25) is 0 Å². The highest BCUT2D eigenvalue weighted by atomic mass is 79.9. The van der Waals surface area contributed by atoms with E-state index in [1.54, 1.807) is 0 Å². The van der Waals surface area contributed by atoms with E-state index in [1.165, 1.54) is 4.68 Å². The third-order valence-corrected chi connectivity index (χ3v) is 4.09. The fourth-order valence-electron chi connectivity index (χ4n) is 2.36. The lowest BCUT2D eigenvalue weighted by molar-refractivity contribution is -0.142. The second-order valence-electron chi connectivity index (χ2n) is 4.68. The summed E-state index contributed by atoms with van der Waals surface area (Å²) in [5, 5.41) is 6.71. The van der Waals surface area contributed by atoms with Crippen molar-refractivity contribution >= 4 is 21.7 Å². The maximum Gasteiger partial charge on any atom is 0.436 e. The fourth-order valence-corrected chi connectivity index (χ4v) is 3.01. The molecule has 1 aromatic carbocycles. The number of halogens is 4. The van der Waals surface area contributed by atoms with Crippen LogP contribution in [0.1, 0.15) is 17.2 Å². The van der Waals surface area contributed by atoms with E-state index in [0.717, 1.165) is 5.56 Å². The molecule has 7 heteroatoms. The number of nitrogens with one attached hydrogen (secondary N) is 1. The molecule has 0 radical (unpaired) electrons. The molecule has 1 aliphatic heterocycles. The van der Waals surface area contributed by atoms with Crippen molar-refractivity contribution in [2.24, 2.45) is 0 Å². The molecule has 1 unspecified atom stereocenters. The average molecular weight is 346 g/mol. The minimum atomic E-state index is -4.45. The Hall–Kier alpha value is -1.50. The lowest BCUT2D eigenvalue weighted by atomic mass is 9.98. The Kier molecular flexibility index (Phi) is 3.24. The van der Waals surface area contributed by atoms with E-state index < -0.39 is 11.9 Å². The Balaban J connectivity index is 1.93. The molecule has 3 nitrogen and oxygen atoms in total. The molecule has 0 bridgehead atoms. The van der Waals surface area contributed by atoms with Crippen LogP contribution in [0.2, 0.25) is 0 Å². The monoisotopic (exact) mass is 345 g/mol. The first kappa shape index (κ1) is 13.5. The summed E-state index contributed by atoms with van der Waals surface area (Å²) in [5.74, 6) is 0.501. The third-order valence-electron chi connectivity index (χ3n) is 3.34. The van der Waals surface area contributed by atoms with Crippen molar-refractivity contribution in [2.75, 3.05) is 11.9 Å². The predicted molar refractivity (Wildman–Crippen MR) is 72.6 cm³/mol. The van der Waals surface area contributed by atoms with Gasteiger partial charge in [-0.05, 0) is 21.5 Å². The molecule has 0 saturated carbocycles. The second-order valence-corrected chi connectivity index (χ2v) is 5.47. The van der Waals surface area contributed by atoms with Gasteiger partial charge in [-0.3, -0.25) is 0 Å². The van der Waals surface area contributed by atoms with E-state index in [1.807, 2.05) is 30.3 Å². The number of rotatable bonds is 1. The van der Waals surface area contributed by atoms with Gasteiger partial charge in [-0.15, -0.1) is 0 Å². The molecule has 0 amide bonds. The van der Waals surface area contributed by atoms with Crippen molar-refractivity contribution in [3.8, 4) is 0 Å². The molecule has 1 aliphatic rings. The molecule has 0 saturated heterocycles. The Morgan fingerprint density at radius 1 is 1.25 bits per heavy atom. The molecular formula is C13H11BrF3N3. The SMILES string of the molecule is FC(F)(F)c1nn2c(c1Br)NCC(c1ccccc1)C2. The van der Waals surface area contributed by atoms with Crippen LogP contribution in [-0.4, -0.2) is 16.3 Å². The molecule has 1 atom stereocenters. The summed E-state index contributed by atoms with van der Waals surface area (Å²) in [4.78, 5) is 0. The first-order valence-electron chi connectivity index (χ1n) is 6.09. The van der Waals surface area contributed by atoms with Crippen molar-refractivity contribution in [1.82, 2.24) is 9.78 Å². The van der Waals surface area contributed by atoms with E-state index in [2.05, 4.69) is 26.3 Å². The highest BCUT2D eigenvalue weighted by Gasteiger charge is 2.39. The van der Waals surface area contributed by atoms with Crippen molar-refractivity contribution in [3.05, 3.63) is 46.1 Å². The summed E-state index contributed by atoms with van der Waals surface area (Å²) in [6.07, 6.45) is -4.45. The maximum atomic E-state index is 12.8. The van der Waals surface area contributed by atoms with E-state index in [4.69, 9.17) is 0 Å². The smallest absolute Gasteiger partial charge is 0.369 e. The Morgan fingerprint density at radius 2 is 1.95 bits per heavy atom. The van der Waals surface area contributed by atoms with Gasteiger partial charge in [-0.2, -0.15) is 18.3 Å². The molecule has 2 heterocycles. The van der Waals surface area contributed by atoms with Crippen molar-refractivity contribution in [2.45, 2.75) is 18.6 Å². The zero-order chi connectivity index (χ0) is 14.3. The van der Waals surface area contributed by atoms with Crippen LogP contribution in [0, 0.1) is 0 Å². The van der Waals surface area contributed by atoms with Crippen LogP contribution in [0.5, 0.6) is 0 Å². The summed E-state index contributed by atoms with van der Waals surface area (Å²) in [5.41, 5.74) is 0.208. The van der Waals surface area contributed by atoms with Gasteiger partial charge in [0.1, 0.15) is 5.82 Å². The van der Waals surface area contributed by atoms with Gasteiger partial charge in [0.05, 0.1) is 11.0 Å². The Bertz CT molecular complexity index is 622. The standard InChI is InChI=1S/C13H11BrF3N3/c14-10-11(13(15,16)17)19-20-7-9(6-18-12(10)20)8-4-2-1-3-5-8/h1-5,9,18H,6-7H2. The van der Waals surface area contributed by atoms with Crippen molar-refractivity contribution in [3.63, 3.8) is 0 Å². The quantitative estimate of drug-likeness (QED) is 0.850. The molecule has 2 aromatic rings. The lowest BCUT2D eigenvalue weighted by Gasteiger charge is -2.25. The van der Waals surface area contributed by atoms with Crippen LogP contribution in [0.4, 0.5) is 19.0 Å². The zero-order valence-corrected chi connectivity index (χ0v) is 11.9. The number of hydrogen-bond donors (Lipinski definition) is 1. The van der Waals surface area contributed by atoms with E-state index in [0.29, 0.717) is 18.9 Å². The van der Waals surface area contributed by atoms with Crippen molar-refractivity contribution < 1.29 is 13.2 Å². The van der Waals surface area contributed by atoms with Gasteiger partial charge in [0, 0.05) is 12.5 Å². The van der Waals surface area contributed by atoms with Crippen molar-refractivity contribution in [1.29, 1.82) is 0 Å². The predicted octanol–water partition coefficient (Wildman–Crippen LogP) is 3.87. The summed E-state index contributed by atoms with van der Waals surface area (Å²) < 4.78 is 39.8. The topological polar surface area (TPSA) is 29.9 Å². The molecule has 0 fully saturated rings. The van der Waals surface area contributed by atoms with Crippen LogP contribution in [0.15, 0.2) is 34.8 Å². The molecule has 0 aliphatic carbocycles. The van der Waals surface area contributed by atoms with E-state index in [9.17, 15) is 13.2 Å². The zero-order valence-electron chi connectivity index (χ0n) is 10.3. The highest BCUT2D eigenvalue weighted by Crippen LogP contribution is 2.40. The summed E-state index contributed by atoms with van der Waals surface area (Å²) in [7, 11) is 0. The third kappa shape index (κ3) is 2.30. The fraction of sp³-hybridized carbons (Fsp3) is 0.308. The Morgan fingerprint density at radius 3 is 2.60 bits per heavy atom. The van der Waals surface area contributed by atoms with Crippen LogP contribution < -0.4 is 5.32 Å².